The molecule has 0 bridgehead atoms. The van der Waals surface area contributed by atoms with Crippen LogP contribution < -0.4 is 5.43 Å². The molecule has 1 aromatic carbocycles. The quantitative estimate of drug-likeness (QED) is 0.792. The van der Waals surface area contributed by atoms with Crippen molar-refractivity contribution >= 4 is 0 Å². The van der Waals surface area contributed by atoms with Gasteiger partial charge in [0.25, 0.3) is 0 Å². The minimum atomic E-state index is -0.698. The standard InChI is InChI=1S/C14H14FNO4/c1-8-12(18)13(19)11(16(6-7-17)14(8)20)9-2-4-10(15)5-3-9/h2-5,17,19-20H,6-7H2,1H3. The van der Waals surface area contributed by atoms with Crippen LogP contribution in [0.25, 0.3) is 11.3 Å². The van der Waals surface area contributed by atoms with Crippen molar-refractivity contribution in [1.82, 2.24) is 4.57 Å². The van der Waals surface area contributed by atoms with Crippen LogP contribution in [0.5, 0.6) is 11.6 Å². The molecule has 0 saturated carbocycles. The molecule has 2 rings (SSSR count). The minimum Gasteiger partial charge on any atom is -0.503 e. The summed E-state index contributed by atoms with van der Waals surface area (Å²) in [5.41, 5.74) is -0.297. The van der Waals surface area contributed by atoms with Crippen molar-refractivity contribution in [2.24, 2.45) is 0 Å². The molecule has 0 atom stereocenters. The van der Waals surface area contributed by atoms with Gasteiger partial charge in [-0.15, -0.1) is 0 Å². The molecular formula is C14H14FNO4. The maximum atomic E-state index is 13.0. The molecule has 0 aliphatic heterocycles. The lowest BCUT2D eigenvalue weighted by Crippen LogP contribution is -2.16. The highest BCUT2D eigenvalue weighted by molar-refractivity contribution is 5.68. The van der Waals surface area contributed by atoms with Crippen LogP contribution in [0.1, 0.15) is 5.56 Å². The zero-order valence-corrected chi connectivity index (χ0v) is 10.8. The second kappa shape index (κ2) is 5.34. The molecule has 6 heteroatoms. The van der Waals surface area contributed by atoms with Crippen LogP contribution in [0, 0.1) is 12.7 Å². The molecule has 5 nitrogen and oxygen atoms in total. The van der Waals surface area contributed by atoms with Crippen LogP contribution in [0.15, 0.2) is 29.1 Å². The van der Waals surface area contributed by atoms with E-state index in [1.165, 1.54) is 35.8 Å². The smallest absolute Gasteiger partial charge is 0.230 e. The maximum Gasteiger partial charge on any atom is 0.230 e. The number of halogens is 1. The lowest BCUT2D eigenvalue weighted by Gasteiger charge is -2.17. The molecule has 106 valence electrons. The van der Waals surface area contributed by atoms with E-state index in [0.717, 1.165) is 0 Å². The Kier molecular flexibility index (Phi) is 3.76. The number of pyridine rings is 1. The lowest BCUT2D eigenvalue weighted by atomic mass is 10.1. The fraction of sp³-hybridized carbons (Fsp3) is 0.214. The molecule has 0 aliphatic carbocycles. The summed E-state index contributed by atoms with van der Waals surface area (Å²) < 4.78 is 14.2. The Morgan fingerprint density at radius 3 is 2.35 bits per heavy atom. The Labute approximate surface area is 114 Å². The molecule has 0 fully saturated rings. The van der Waals surface area contributed by atoms with E-state index in [1.807, 2.05) is 0 Å². The third kappa shape index (κ3) is 2.25. The van der Waals surface area contributed by atoms with Gasteiger partial charge in [0.05, 0.1) is 17.9 Å². The first-order chi connectivity index (χ1) is 9.47. The van der Waals surface area contributed by atoms with E-state index in [2.05, 4.69) is 0 Å². The van der Waals surface area contributed by atoms with E-state index >= 15 is 0 Å². The highest BCUT2D eigenvalue weighted by Crippen LogP contribution is 2.31. The number of rotatable bonds is 3. The first-order valence-electron chi connectivity index (χ1n) is 5.99. The second-order valence-electron chi connectivity index (χ2n) is 4.36. The highest BCUT2D eigenvalue weighted by atomic mass is 19.1. The molecule has 0 amide bonds. The summed E-state index contributed by atoms with van der Waals surface area (Å²) in [6.07, 6.45) is 0. The van der Waals surface area contributed by atoms with Crippen LogP contribution in [0.2, 0.25) is 0 Å². The topological polar surface area (TPSA) is 82.7 Å². The van der Waals surface area contributed by atoms with Crippen molar-refractivity contribution < 1.29 is 19.7 Å². The van der Waals surface area contributed by atoms with Gasteiger partial charge in [-0.05, 0) is 31.2 Å². The number of hydrogen-bond donors (Lipinski definition) is 3. The molecule has 3 N–H and O–H groups in total. The van der Waals surface area contributed by atoms with Gasteiger partial charge >= 0.3 is 0 Å². The second-order valence-corrected chi connectivity index (χ2v) is 4.36. The number of benzene rings is 1. The number of hydrogen-bond acceptors (Lipinski definition) is 4. The molecule has 0 saturated heterocycles. The van der Waals surface area contributed by atoms with Crippen LogP contribution in [-0.4, -0.2) is 26.5 Å². The van der Waals surface area contributed by atoms with Crippen molar-refractivity contribution in [3.8, 4) is 22.9 Å². The van der Waals surface area contributed by atoms with E-state index in [1.54, 1.807) is 0 Å². The van der Waals surface area contributed by atoms with E-state index in [0.29, 0.717) is 5.56 Å². The van der Waals surface area contributed by atoms with E-state index in [-0.39, 0.29) is 30.3 Å². The molecule has 0 spiro atoms. The number of aromatic hydroxyl groups is 2. The molecule has 1 aromatic heterocycles. The van der Waals surface area contributed by atoms with Crippen molar-refractivity contribution in [1.29, 1.82) is 0 Å². The fourth-order valence-electron chi connectivity index (χ4n) is 2.04. The Hall–Kier alpha value is -2.34. The van der Waals surface area contributed by atoms with Gasteiger partial charge in [-0.1, -0.05) is 0 Å². The summed E-state index contributed by atoms with van der Waals surface area (Å²) in [7, 11) is 0. The molecule has 2 aromatic rings. The van der Waals surface area contributed by atoms with Gasteiger partial charge in [0.1, 0.15) is 5.82 Å². The Balaban J connectivity index is 2.79. The molecule has 0 unspecified atom stereocenters. The summed E-state index contributed by atoms with van der Waals surface area (Å²) in [6, 6.07) is 5.12. The summed E-state index contributed by atoms with van der Waals surface area (Å²) in [6.45, 7) is 1.08. The van der Waals surface area contributed by atoms with Crippen LogP contribution in [0.3, 0.4) is 0 Å². The van der Waals surface area contributed by atoms with Crippen LogP contribution in [0.4, 0.5) is 4.39 Å². The Bertz CT molecular complexity index is 692. The van der Waals surface area contributed by atoms with Crippen LogP contribution in [-0.2, 0) is 6.54 Å². The summed E-state index contributed by atoms with van der Waals surface area (Å²) in [5, 5.41) is 29.1. The molecule has 0 aliphatic rings. The van der Waals surface area contributed by atoms with Crippen molar-refractivity contribution in [3.05, 3.63) is 45.9 Å². The maximum absolute atomic E-state index is 13.0. The Morgan fingerprint density at radius 2 is 1.80 bits per heavy atom. The predicted molar refractivity (Wildman–Crippen MR) is 71.2 cm³/mol. The van der Waals surface area contributed by atoms with Gasteiger partial charge in [-0.3, -0.25) is 4.79 Å². The van der Waals surface area contributed by atoms with Gasteiger partial charge in [0, 0.05) is 12.1 Å². The van der Waals surface area contributed by atoms with Gasteiger partial charge < -0.3 is 19.9 Å². The summed E-state index contributed by atoms with van der Waals surface area (Å²) >= 11 is 0. The monoisotopic (exact) mass is 279 g/mol. The number of aliphatic hydroxyl groups is 1. The van der Waals surface area contributed by atoms with Gasteiger partial charge in [0.15, 0.2) is 11.6 Å². The van der Waals surface area contributed by atoms with Crippen molar-refractivity contribution in [3.63, 3.8) is 0 Å². The molecule has 1 heterocycles. The lowest BCUT2D eigenvalue weighted by molar-refractivity contribution is 0.265. The number of aromatic nitrogens is 1. The largest absolute Gasteiger partial charge is 0.503 e. The summed E-state index contributed by atoms with van der Waals surface area (Å²) in [4.78, 5) is 11.8. The first-order valence-corrected chi connectivity index (χ1v) is 5.99. The normalized spacial score (nSPS) is 10.8. The zero-order chi connectivity index (χ0) is 14.9. The van der Waals surface area contributed by atoms with E-state index < -0.39 is 17.0 Å². The van der Waals surface area contributed by atoms with Crippen molar-refractivity contribution in [2.75, 3.05) is 6.61 Å². The third-order valence-electron chi connectivity index (χ3n) is 3.08. The highest BCUT2D eigenvalue weighted by Gasteiger charge is 2.19. The number of aliphatic hydroxyl groups excluding tert-OH is 1. The fourth-order valence-corrected chi connectivity index (χ4v) is 2.04. The molecular weight excluding hydrogens is 265 g/mol. The zero-order valence-electron chi connectivity index (χ0n) is 10.8. The SMILES string of the molecule is Cc1c(O)n(CCO)c(-c2ccc(F)cc2)c(O)c1=O. The average molecular weight is 279 g/mol. The first kappa shape index (κ1) is 14.1. The van der Waals surface area contributed by atoms with E-state index in [4.69, 9.17) is 5.11 Å². The summed E-state index contributed by atoms with van der Waals surface area (Å²) in [5.74, 6) is -1.33. The average Bonchev–Trinajstić information content (AvgIpc) is 2.44. The molecule has 20 heavy (non-hydrogen) atoms. The van der Waals surface area contributed by atoms with E-state index in [9.17, 15) is 19.4 Å². The molecule has 0 radical (unpaired) electrons. The van der Waals surface area contributed by atoms with Crippen molar-refractivity contribution in [2.45, 2.75) is 13.5 Å². The van der Waals surface area contributed by atoms with Gasteiger partial charge in [-0.2, -0.15) is 0 Å². The van der Waals surface area contributed by atoms with Crippen LogP contribution >= 0.6 is 0 Å². The van der Waals surface area contributed by atoms with Gasteiger partial charge in [0.2, 0.25) is 5.43 Å². The number of nitrogens with zero attached hydrogens (tertiary/aromatic N) is 1. The predicted octanol–water partition coefficient (Wildman–Crippen LogP) is 1.37. The minimum absolute atomic E-state index is 0.00672. The third-order valence-corrected chi connectivity index (χ3v) is 3.08. The Morgan fingerprint density at radius 1 is 1.20 bits per heavy atom. The van der Waals surface area contributed by atoms with Gasteiger partial charge in [-0.25, -0.2) is 4.39 Å².